The molecule has 0 radical (unpaired) electrons. The van der Waals surface area contributed by atoms with Gasteiger partial charge in [-0.1, -0.05) is 15.9 Å². The van der Waals surface area contributed by atoms with Crippen molar-refractivity contribution in [2.24, 2.45) is 10.7 Å². The average molecular weight is 327 g/mol. The molecule has 0 fully saturated rings. The monoisotopic (exact) mass is 326 g/mol. The number of thioether (sulfide) groups is 1. The Bertz CT molecular complexity index is 613. The smallest absolute Gasteiger partial charge is 0.286 e. The van der Waals surface area contributed by atoms with Crippen LogP contribution < -0.4 is 15.2 Å². The van der Waals surface area contributed by atoms with E-state index in [4.69, 9.17) is 15.2 Å². The normalized spacial score (nSPS) is 19.5. The van der Waals surface area contributed by atoms with Crippen molar-refractivity contribution in [2.75, 3.05) is 6.79 Å². The van der Waals surface area contributed by atoms with Crippen molar-refractivity contribution in [1.29, 1.82) is 0 Å². The predicted molar refractivity (Wildman–Crippen MR) is 72.5 cm³/mol. The van der Waals surface area contributed by atoms with Crippen LogP contribution in [-0.4, -0.2) is 17.9 Å². The Morgan fingerprint density at radius 2 is 2.11 bits per heavy atom. The summed E-state index contributed by atoms with van der Waals surface area (Å²) in [5.74, 6) is 1.03. The fourth-order valence-electron chi connectivity index (χ4n) is 1.61. The summed E-state index contributed by atoms with van der Waals surface area (Å²) in [7, 11) is 0. The fourth-order valence-corrected chi connectivity index (χ4v) is 2.72. The van der Waals surface area contributed by atoms with Crippen LogP contribution in [-0.2, 0) is 4.79 Å². The molecule has 2 heterocycles. The fraction of sp³-hybridized carbons (Fsp3) is 0.0909. The third kappa shape index (κ3) is 1.99. The van der Waals surface area contributed by atoms with Crippen molar-refractivity contribution < 1.29 is 14.3 Å². The first-order chi connectivity index (χ1) is 8.63. The van der Waals surface area contributed by atoms with Crippen molar-refractivity contribution in [3.05, 3.63) is 27.1 Å². The van der Waals surface area contributed by atoms with Gasteiger partial charge in [-0.15, -0.1) is 0 Å². The third-order valence-corrected chi connectivity index (χ3v) is 3.92. The van der Waals surface area contributed by atoms with Crippen molar-refractivity contribution in [3.8, 4) is 11.5 Å². The van der Waals surface area contributed by atoms with E-state index in [-0.39, 0.29) is 17.9 Å². The third-order valence-electron chi connectivity index (χ3n) is 2.42. The average Bonchev–Trinajstić information content (AvgIpc) is 2.86. The number of fused-ring (bicyclic) bond motifs is 1. The molecule has 5 nitrogen and oxygen atoms in total. The molecular formula is C11H7BrN2O3S. The molecule has 3 rings (SSSR count). The molecule has 1 aromatic rings. The van der Waals surface area contributed by atoms with Gasteiger partial charge in [-0.25, -0.2) is 0 Å². The van der Waals surface area contributed by atoms with Gasteiger partial charge in [0.25, 0.3) is 5.91 Å². The number of amides is 1. The van der Waals surface area contributed by atoms with Gasteiger partial charge in [-0.2, -0.15) is 4.99 Å². The van der Waals surface area contributed by atoms with E-state index >= 15 is 0 Å². The number of nitrogens with two attached hydrogens (primary N) is 1. The minimum absolute atomic E-state index is 0.214. The summed E-state index contributed by atoms with van der Waals surface area (Å²) in [6, 6.07) is 3.62. The van der Waals surface area contributed by atoms with Gasteiger partial charge in [0.2, 0.25) is 6.79 Å². The molecule has 18 heavy (non-hydrogen) atoms. The Hall–Kier alpha value is -1.47. The van der Waals surface area contributed by atoms with Crippen molar-refractivity contribution >= 4 is 44.8 Å². The first-order valence-corrected chi connectivity index (χ1v) is 6.61. The van der Waals surface area contributed by atoms with Gasteiger partial charge in [-0.3, -0.25) is 4.79 Å². The number of benzene rings is 1. The first-order valence-electron chi connectivity index (χ1n) is 5.00. The van der Waals surface area contributed by atoms with Crippen molar-refractivity contribution in [3.63, 3.8) is 0 Å². The van der Waals surface area contributed by atoms with Gasteiger partial charge in [0.15, 0.2) is 16.7 Å². The maximum atomic E-state index is 11.5. The number of hydrogen-bond acceptors (Lipinski definition) is 5. The van der Waals surface area contributed by atoms with Crippen molar-refractivity contribution in [2.45, 2.75) is 0 Å². The van der Waals surface area contributed by atoms with Crippen molar-refractivity contribution in [1.82, 2.24) is 0 Å². The molecular weight excluding hydrogens is 320 g/mol. The van der Waals surface area contributed by atoms with Gasteiger partial charge in [0.05, 0.1) is 4.91 Å². The number of amidine groups is 1. The molecule has 0 bridgehead atoms. The lowest BCUT2D eigenvalue weighted by Gasteiger charge is -2.02. The number of hydrogen-bond donors (Lipinski definition) is 1. The van der Waals surface area contributed by atoms with Crippen LogP contribution in [0.1, 0.15) is 5.56 Å². The van der Waals surface area contributed by atoms with E-state index in [2.05, 4.69) is 20.9 Å². The highest BCUT2D eigenvalue weighted by Gasteiger charge is 2.21. The second-order valence-corrected chi connectivity index (χ2v) is 5.51. The summed E-state index contributed by atoms with van der Waals surface area (Å²) in [5, 5.41) is 0.267. The first kappa shape index (κ1) is 11.6. The van der Waals surface area contributed by atoms with Crippen LogP contribution in [0.15, 0.2) is 26.5 Å². The summed E-state index contributed by atoms with van der Waals surface area (Å²) in [6.45, 7) is 0.214. The molecule has 1 amide bonds. The summed E-state index contributed by atoms with van der Waals surface area (Å²) < 4.78 is 11.4. The van der Waals surface area contributed by atoms with E-state index in [1.807, 2.05) is 12.1 Å². The Balaban J connectivity index is 1.99. The highest BCUT2D eigenvalue weighted by molar-refractivity contribution is 9.10. The number of nitrogens with zero attached hydrogens (tertiary/aromatic N) is 1. The molecule has 0 saturated carbocycles. The van der Waals surface area contributed by atoms with Crippen LogP contribution in [0.5, 0.6) is 11.5 Å². The van der Waals surface area contributed by atoms with Crippen LogP contribution in [0, 0.1) is 0 Å². The lowest BCUT2D eigenvalue weighted by atomic mass is 10.2. The van der Waals surface area contributed by atoms with Crippen LogP contribution in [0.3, 0.4) is 0 Å². The van der Waals surface area contributed by atoms with Crippen LogP contribution in [0.25, 0.3) is 6.08 Å². The number of carbonyl (C=O) groups excluding carboxylic acids is 1. The summed E-state index contributed by atoms with van der Waals surface area (Å²) in [4.78, 5) is 15.6. The number of carbonyl (C=O) groups is 1. The molecule has 2 aliphatic rings. The van der Waals surface area contributed by atoms with Gasteiger partial charge in [0.1, 0.15) is 0 Å². The van der Waals surface area contributed by atoms with Crippen LogP contribution in [0.4, 0.5) is 0 Å². The maximum absolute atomic E-state index is 11.5. The number of rotatable bonds is 1. The zero-order chi connectivity index (χ0) is 12.7. The Kier molecular flexibility index (Phi) is 2.79. The molecule has 0 atom stereocenters. The van der Waals surface area contributed by atoms with Gasteiger partial charge in [0, 0.05) is 4.47 Å². The zero-order valence-electron chi connectivity index (χ0n) is 8.97. The molecule has 92 valence electrons. The molecule has 1 aromatic carbocycles. The second-order valence-electron chi connectivity index (χ2n) is 3.59. The highest BCUT2D eigenvalue weighted by Crippen LogP contribution is 2.38. The van der Waals surface area contributed by atoms with E-state index in [9.17, 15) is 4.79 Å². The summed E-state index contributed by atoms with van der Waals surface area (Å²) >= 11 is 4.58. The highest BCUT2D eigenvalue weighted by atomic mass is 79.9. The predicted octanol–water partition coefficient (Wildman–Crippen LogP) is 2.11. The minimum atomic E-state index is -0.318. The Morgan fingerprint density at radius 1 is 1.39 bits per heavy atom. The molecule has 0 saturated heterocycles. The quantitative estimate of drug-likeness (QED) is 0.800. The SMILES string of the molecule is NC1=NC(=O)/C(=C/c2cc3c(cc2Br)OCO3)S1. The lowest BCUT2D eigenvalue weighted by molar-refractivity contribution is -0.113. The molecule has 0 aliphatic carbocycles. The lowest BCUT2D eigenvalue weighted by Crippen LogP contribution is -2.01. The maximum Gasteiger partial charge on any atom is 0.286 e. The standard InChI is InChI=1S/C11H7BrN2O3S/c12-6-3-8-7(16-4-17-8)1-5(6)2-9-10(15)14-11(13)18-9/h1-3H,4H2,(H2,13,14,15)/b9-2-. The van der Waals surface area contributed by atoms with Gasteiger partial charge < -0.3 is 15.2 Å². The topological polar surface area (TPSA) is 73.9 Å². The molecule has 0 aromatic heterocycles. The number of aliphatic imine (C=N–C) groups is 1. The molecule has 7 heteroatoms. The zero-order valence-corrected chi connectivity index (χ0v) is 11.4. The van der Waals surface area contributed by atoms with Gasteiger partial charge in [-0.05, 0) is 35.5 Å². The largest absolute Gasteiger partial charge is 0.454 e. The second kappa shape index (κ2) is 4.33. The van der Waals surface area contributed by atoms with E-state index in [1.165, 1.54) is 0 Å². The Morgan fingerprint density at radius 3 is 2.78 bits per heavy atom. The molecule has 2 N–H and O–H groups in total. The summed E-state index contributed by atoms with van der Waals surface area (Å²) in [5.41, 5.74) is 6.31. The van der Waals surface area contributed by atoms with Crippen LogP contribution >= 0.6 is 27.7 Å². The number of halogens is 1. The summed E-state index contributed by atoms with van der Waals surface area (Å²) in [6.07, 6.45) is 1.72. The molecule has 2 aliphatic heterocycles. The van der Waals surface area contributed by atoms with Gasteiger partial charge >= 0.3 is 0 Å². The van der Waals surface area contributed by atoms with Crippen LogP contribution in [0.2, 0.25) is 0 Å². The van der Waals surface area contributed by atoms with E-state index < -0.39 is 0 Å². The number of ether oxygens (including phenoxy) is 2. The van der Waals surface area contributed by atoms with E-state index in [0.717, 1.165) is 21.8 Å². The van der Waals surface area contributed by atoms with E-state index in [0.29, 0.717) is 16.4 Å². The Labute approximate surface area is 115 Å². The van der Waals surface area contributed by atoms with E-state index in [1.54, 1.807) is 6.08 Å². The molecule has 0 spiro atoms. The minimum Gasteiger partial charge on any atom is -0.454 e. The molecule has 0 unspecified atom stereocenters.